The van der Waals surface area contributed by atoms with E-state index in [4.69, 9.17) is 5.73 Å². The number of nitrogens with two attached hydrogens (primary N) is 1. The van der Waals surface area contributed by atoms with Crippen LogP contribution < -0.4 is 5.73 Å². The molecule has 0 bridgehead atoms. The molecule has 0 saturated heterocycles. The first-order valence-electron chi connectivity index (χ1n) is 8.09. The lowest BCUT2D eigenvalue weighted by molar-refractivity contribution is 0.224. The predicted molar refractivity (Wildman–Crippen MR) is 81.2 cm³/mol. The maximum Gasteiger partial charge on any atom is 0.0409 e. The van der Waals surface area contributed by atoms with Crippen molar-refractivity contribution in [1.82, 2.24) is 0 Å². The Labute approximate surface area is 117 Å². The molecule has 1 atom stereocenters. The lowest BCUT2D eigenvalue weighted by Gasteiger charge is -2.38. The first kappa shape index (κ1) is 13.2. The number of fused-ring (bicyclic) bond motifs is 1. The summed E-state index contributed by atoms with van der Waals surface area (Å²) >= 11 is 0. The Morgan fingerprint density at radius 2 is 1.63 bits per heavy atom. The zero-order chi connectivity index (χ0) is 13.3. The van der Waals surface area contributed by atoms with Crippen LogP contribution in [-0.4, -0.2) is 0 Å². The second kappa shape index (κ2) is 5.28. The second-order valence-corrected chi connectivity index (χ2v) is 6.81. The van der Waals surface area contributed by atoms with Gasteiger partial charge >= 0.3 is 0 Å². The highest BCUT2D eigenvalue weighted by molar-refractivity contribution is 5.37. The van der Waals surface area contributed by atoms with Crippen LogP contribution in [0.15, 0.2) is 18.2 Å². The molecule has 0 amide bonds. The van der Waals surface area contributed by atoms with Gasteiger partial charge in [0.2, 0.25) is 0 Å². The highest BCUT2D eigenvalue weighted by atomic mass is 14.7. The maximum atomic E-state index is 6.75. The van der Waals surface area contributed by atoms with Crippen LogP contribution in [-0.2, 0) is 18.4 Å². The summed E-state index contributed by atoms with van der Waals surface area (Å²) in [5.74, 6) is 0.669. The highest BCUT2D eigenvalue weighted by Crippen LogP contribution is 2.38. The molecule has 1 heteroatoms. The Bertz CT molecular complexity index is 441. The minimum Gasteiger partial charge on any atom is -0.321 e. The van der Waals surface area contributed by atoms with Crippen molar-refractivity contribution in [3.05, 3.63) is 34.9 Å². The third-order valence-electron chi connectivity index (χ3n) is 5.42. The van der Waals surface area contributed by atoms with Gasteiger partial charge in [-0.15, -0.1) is 0 Å². The number of hydrogen-bond acceptors (Lipinski definition) is 1. The van der Waals surface area contributed by atoms with E-state index in [1.165, 1.54) is 63.4 Å². The van der Waals surface area contributed by atoms with Gasteiger partial charge in [0.1, 0.15) is 0 Å². The van der Waals surface area contributed by atoms with Crippen molar-refractivity contribution in [2.45, 2.75) is 70.3 Å². The van der Waals surface area contributed by atoms with Crippen LogP contribution >= 0.6 is 0 Å². The lowest BCUT2D eigenvalue weighted by Crippen LogP contribution is -2.42. The van der Waals surface area contributed by atoms with Gasteiger partial charge in [-0.2, -0.15) is 0 Å². The highest BCUT2D eigenvalue weighted by Gasteiger charge is 2.33. The van der Waals surface area contributed by atoms with E-state index < -0.39 is 0 Å². The van der Waals surface area contributed by atoms with Crippen molar-refractivity contribution in [3.8, 4) is 0 Å². The molecule has 0 radical (unpaired) electrons. The van der Waals surface area contributed by atoms with Crippen molar-refractivity contribution >= 4 is 0 Å². The molecule has 1 aromatic rings. The summed E-state index contributed by atoms with van der Waals surface area (Å²) in [4.78, 5) is 0. The summed E-state index contributed by atoms with van der Waals surface area (Å²) in [5.41, 5.74) is 11.1. The Balaban J connectivity index is 1.87. The number of rotatable bonds is 2. The summed E-state index contributed by atoms with van der Waals surface area (Å²) in [5, 5.41) is 0. The van der Waals surface area contributed by atoms with Crippen LogP contribution in [0.2, 0.25) is 0 Å². The molecule has 1 aromatic carbocycles. The molecular weight excluding hydrogens is 230 g/mol. The van der Waals surface area contributed by atoms with Gasteiger partial charge in [0.25, 0.3) is 0 Å². The molecule has 0 aromatic heterocycles. The second-order valence-electron chi connectivity index (χ2n) is 6.81. The third kappa shape index (κ3) is 2.58. The summed E-state index contributed by atoms with van der Waals surface area (Å²) in [7, 11) is 0. The molecule has 0 aliphatic heterocycles. The van der Waals surface area contributed by atoms with Crippen molar-refractivity contribution in [2.75, 3.05) is 0 Å². The van der Waals surface area contributed by atoms with Gasteiger partial charge in [-0.25, -0.2) is 0 Å². The van der Waals surface area contributed by atoms with E-state index in [1.54, 1.807) is 11.1 Å². The van der Waals surface area contributed by atoms with Crippen LogP contribution in [0.5, 0.6) is 0 Å². The lowest BCUT2D eigenvalue weighted by atomic mass is 9.72. The Hall–Kier alpha value is -0.820. The molecule has 19 heavy (non-hydrogen) atoms. The van der Waals surface area contributed by atoms with E-state index in [-0.39, 0.29) is 5.54 Å². The number of hydrogen-bond donors (Lipinski definition) is 1. The SMILES string of the molecule is CC(N)(c1ccc2c(c1)CCCC2)C1CCCCC1. The summed E-state index contributed by atoms with van der Waals surface area (Å²) < 4.78 is 0. The van der Waals surface area contributed by atoms with E-state index in [9.17, 15) is 0 Å². The molecule has 1 saturated carbocycles. The largest absolute Gasteiger partial charge is 0.321 e. The zero-order valence-corrected chi connectivity index (χ0v) is 12.3. The molecule has 1 nitrogen and oxygen atoms in total. The Kier molecular flexibility index (Phi) is 3.66. The topological polar surface area (TPSA) is 26.0 Å². The van der Waals surface area contributed by atoms with Gasteiger partial charge in [0.15, 0.2) is 0 Å². The van der Waals surface area contributed by atoms with Gasteiger partial charge < -0.3 is 5.73 Å². The quantitative estimate of drug-likeness (QED) is 0.839. The van der Waals surface area contributed by atoms with Crippen molar-refractivity contribution in [3.63, 3.8) is 0 Å². The van der Waals surface area contributed by atoms with Gasteiger partial charge in [-0.1, -0.05) is 37.5 Å². The first-order valence-corrected chi connectivity index (χ1v) is 8.09. The zero-order valence-electron chi connectivity index (χ0n) is 12.3. The van der Waals surface area contributed by atoms with Crippen molar-refractivity contribution in [1.29, 1.82) is 0 Å². The van der Waals surface area contributed by atoms with Gasteiger partial charge in [0, 0.05) is 5.54 Å². The molecule has 2 N–H and O–H groups in total. The van der Waals surface area contributed by atoms with E-state index in [1.807, 2.05) is 0 Å². The molecule has 0 heterocycles. The van der Waals surface area contributed by atoms with Gasteiger partial charge in [0.05, 0.1) is 0 Å². The maximum absolute atomic E-state index is 6.75. The summed E-state index contributed by atoms with van der Waals surface area (Å²) in [6, 6.07) is 7.07. The molecule has 104 valence electrons. The Morgan fingerprint density at radius 3 is 2.37 bits per heavy atom. The first-order chi connectivity index (χ1) is 9.18. The van der Waals surface area contributed by atoms with Crippen LogP contribution in [0.25, 0.3) is 0 Å². The molecule has 1 fully saturated rings. The van der Waals surface area contributed by atoms with Crippen LogP contribution in [0.4, 0.5) is 0 Å². The van der Waals surface area contributed by atoms with E-state index in [0.717, 1.165) is 0 Å². The fourth-order valence-electron chi connectivity index (χ4n) is 4.01. The van der Waals surface area contributed by atoms with Gasteiger partial charge in [-0.3, -0.25) is 0 Å². The normalized spacial score (nSPS) is 23.7. The third-order valence-corrected chi connectivity index (χ3v) is 5.42. The Morgan fingerprint density at radius 1 is 0.947 bits per heavy atom. The minimum atomic E-state index is -0.132. The summed E-state index contributed by atoms with van der Waals surface area (Å²) in [6.45, 7) is 2.26. The summed E-state index contributed by atoms with van der Waals surface area (Å²) in [6.07, 6.45) is 12.0. The minimum absolute atomic E-state index is 0.132. The predicted octanol–water partition coefficient (Wildman–Crippen LogP) is 4.32. The smallest absolute Gasteiger partial charge is 0.0409 e. The van der Waals surface area contributed by atoms with E-state index in [2.05, 4.69) is 25.1 Å². The monoisotopic (exact) mass is 257 g/mol. The average molecular weight is 257 g/mol. The van der Waals surface area contributed by atoms with Crippen LogP contribution in [0.1, 0.15) is 68.6 Å². The molecular formula is C18H27N. The van der Waals surface area contributed by atoms with E-state index >= 15 is 0 Å². The van der Waals surface area contributed by atoms with Crippen LogP contribution in [0, 0.1) is 5.92 Å². The average Bonchev–Trinajstić information content (AvgIpc) is 2.47. The standard InChI is InChI=1S/C18H27N/c1-18(19,16-9-3-2-4-10-16)17-12-11-14-7-5-6-8-15(14)13-17/h11-13,16H,2-10,19H2,1H3. The van der Waals surface area contributed by atoms with Gasteiger partial charge in [-0.05, 0) is 68.1 Å². The van der Waals surface area contributed by atoms with Crippen molar-refractivity contribution in [2.24, 2.45) is 11.7 Å². The fourth-order valence-corrected chi connectivity index (χ4v) is 4.01. The number of aryl methyl sites for hydroxylation is 2. The van der Waals surface area contributed by atoms with E-state index in [0.29, 0.717) is 5.92 Å². The molecule has 2 aliphatic carbocycles. The number of benzene rings is 1. The molecule has 3 rings (SSSR count). The molecule has 0 spiro atoms. The molecule has 1 unspecified atom stereocenters. The fraction of sp³-hybridized carbons (Fsp3) is 0.667. The van der Waals surface area contributed by atoms with Crippen LogP contribution in [0.3, 0.4) is 0 Å². The molecule has 2 aliphatic rings. The van der Waals surface area contributed by atoms with Crippen molar-refractivity contribution < 1.29 is 0 Å².